The maximum atomic E-state index is 5.24. The van der Waals surface area contributed by atoms with Crippen LogP contribution in [0.5, 0.6) is 11.5 Å². The van der Waals surface area contributed by atoms with Gasteiger partial charge in [0.15, 0.2) is 0 Å². The first-order valence-electron chi connectivity index (χ1n) is 6.42. The summed E-state index contributed by atoms with van der Waals surface area (Å²) in [6, 6.07) is 15.6. The number of benzene rings is 2. The molecule has 0 aliphatic heterocycles. The zero-order chi connectivity index (χ0) is 14.8. The molecular weight excluding hydrogens is 384 g/mol. The minimum absolute atomic E-state index is 0.724. The maximum Gasteiger partial charge on any atom is 0.119 e. The van der Waals surface area contributed by atoms with Gasteiger partial charge in [-0.2, -0.15) is 0 Å². The molecule has 2 aromatic rings. The van der Waals surface area contributed by atoms with E-state index in [-0.39, 0.29) is 0 Å². The van der Waals surface area contributed by atoms with Gasteiger partial charge in [-0.15, -0.1) is 0 Å². The molecule has 108 valence electrons. The number of hydrogen-bond donors (Lipinski definition) is 0. The topological polar surface area (TPSA) is 18.5 Å². The zero-order valence-corrected chi connectivity index (χ0v) is 14.8. The summed E-state index contributed by atoms with van der Waals surface area (Å²) in [7, 11) is 0. The minimum atomic E-state index is 0.724. The van der Waals surface area contributed by atoms with E-state index in [2.05, 4.69) is 31.9 Å². The molecule has 0 atom stereocenters. The highest BCUT2D eigenvalue weighted by atomic mass is 79.9. The highest BCUT2D eigenvalue weighted by molar-refractivity contribution is 9.10. The Bertz CT molecular complexity index is 433. The van der Waals surface area contributed by atoms with Crippen molar-refractivity contribution < 1.29 is 9.47 Å². The summed E-state index contributed by atoms with van der Waals surface area (Å²) in [5.74, 6) is 1.84. The second kappa shape index (κ2) is 9.83. The summed E-state index contributed by atoms with van der Waals surface area (Å²) in [6.45, 7) is 5.40. The molecule has 0 fully saturated rings. The molecule has 0 radical (unpaired) electrons. The third kappa shape index (κ3) is 6.96. The van der Waals surface area contributed by atoms with Crippen LogP contribution in [0.15, 0.2) is 57.5 Å². The number of ether oxygens (including phenoxy) is 2. The van der Waals surface area contributed by atoms with Crippen LogP contribution in [0.1, 0.15) is 13.8 Å². The largest absolute Gasteiger partial charge is 0.494 e. The van der Waals surface area contributed by atoms with Crippen LogP contribution in [0.4, 0.5) is 0 Å². The van der Waals surface area contributed by atoms with Crippen LogP contribution >= 0.6 is 31.9 Å². The summed E-state index contributed by atoms with van der Waals surface area (Å²) in [5, 5.41) is 0. The standard InChI is InChI=1S/2C8H9BrO/c2*1-2-10-8-5-3-7(9)4-6-8/h2*3-6H,2H2,1H3. The van der Waals surface area contributed by atoms with Crippen molar-refractivity contribution in [3.8, 4) is 11.5 Å². The van der Waals surface area contributed by atoms with E-state index in [1.807, 2.05) is 62.4 Å². The van der Waals surface area contributed by atoms with E-state index in [1.54, 1.807) is 0 Å². The summed E-state index contributed by atoms with van der Waals surface area (Å²) in [5.41, 5.74) is 0. The Morgan fingerprint density at radius 1 is 0.650 bits per heavy atom. The Hall–Kier alpha value is -1.00. The van der Waals surface area contributed by atoms with Gasteiger partial charge in [-0.3, -0.25) is 0 Å². The number of hydrogen-bond acceptors (Lipinski definition) is 2. The molecule has 0 saturated heterocycles. The molecule has 20 heavy (non-hydrogen) atoms. The van der Waals surface area contributed by atoms with Crippen molar-refractivity contribution in [3.63, 3.8) is 0 Å². The molecule has 2 nitrogen and oxygen atoms in total. The van der Waals surface area contributed by atoms with Gasteiger partial charge in [-0.25, -0.2) is 0 Å². The lowest BCUT2D eigenvalue weighted by atomic mass is 10.3. The Morgan fingerprint density at radius 3 is 1.20 bits per heavy atom. The van der Waals surface area contributed by atoms with Crippen LogP contribution in [0, 0.1) is 0 Å². The first kappa shape index (κ1) is 17.1. The fourth-order valence-corrected chi connectivity index (χ4v) is 1.92. The Morgan fingerprint density at radius 2 is 0.950 bits per heavy atom. The van der Waals surface area contributed by atoms with Crippen LogP contribution in [0.2, 0.25) is 0 Å². The van der Waals surface area contributed by atoms with Gasteiger partial charge in [0.1, 0.15) is 11.5 Å². The van der Waals surface area contributed by atoms with Gasteiger partial charge in [0.2, 0.25) is 0 Å². The second-order valence-corrected chi connectivity index (χ2v) is 5.61. The Balaban J connectivity index is 0.000000200. The molecule has 0 amide bonds. The van der Waals surface area contributed by atoms with Gasteiger partial charge in [0, 0.05) is 8.95 Å². The highest BCUT2D eigenvalue weighted by Crippen LogP contribution is 2.16. The molecule has 0 heterocycles. The smallest absolute Gasteiger partial charge is 0.119 e. The van der Waals surface area contributed by atoms with Crippen molar-refractivity contribution in [1.82, 2.24) is 0 Å². The van der Waals surface area contributed by atoms with Crippen LogP contribution in [-0.4, -0.2) is 13.2 Å². The van der Waals surface area contributed by atoms with Gasteiger partial charge in [0.05, 0.1) is 13.2 Å². The van der Waals surface area contributed by atoms with Gasteiger partial charge in [0.25, 0.3) is 0 Å². The SMILES string of the molecule is CCOc1ccc(Br)cc1.CCOc1ccc(Br)cc1. The summed E-state index contributed by atoms with van der Waals surface area (Å²) in [6.07, 6.45) is 0. The van der Waals surface area contributed by atoms with E-state index in [9.17, 15) is 0 Å². The predicted octanol–water partition coefficient (Wildman–Crippen LogP) is 5.70. The van der Waals surface area contributed by atoms with E-state index >= 15 is 0 Å². The van der Waals surface area contributed by atoms with Gasteiger partial charge >= 0.3 is 0 Å². The molecule has 2 aromatic carbocycles. The van der Waals surface area contributed by atoms with Gasteiger partial charge in [-0.05, 0) is 62.4 Å². The van der Waals surface area contributed by atoms with Crippen LogP contribution in [0.3, 0.4) is 0 Å². The van der Waals surface area contributed by atoms with E-state index in [0.717, 1.165) is 33.7 Å². The van der Waals surface area contributed by atoms with E-state index < -0.39 is 0 Å². The summed E-state index contributed by atoms with van der Waals surface area (Å²) >= 11 is 6.68. The first-order chi connectivity index (χ1) is 9.65. The molecule has 2 rings (SSSR count). The molecular formula is C16H18Br2O2. The van der Waals surface area contributed by atoms with E-state index in [1.165, 1.54) is 0 Å². The van der Waals surface area contributed by atoms with E-state index in [0.29, 0.717) is 0 Å². The van der Waals surface area contributed by atoms with Crippen LogP contribution in [-0.2, 0) is 0 Å². The lowest BCUT2D eigenvalue weighted by Crippen LogP contribution is -1.89. The predicted molar refractivity (Wildman–Crippen MR) is 90.6 cm³/mol. The average Bonchev–Trinajstić information content (AvgIpc) is 2.45. The minimum Gasteiger partial charge on any atom is -0.494 e. The number of rotatable bonds is 4. The van der Waals surface area contributed by atoms with Crippen molar-refractivity contribution >= 4 is 31.9 Å². The molecule has 0 N–H and O–H groups in total. The number of halogens is 2. The average molecular weight is 402 g/mol. The Labute approximate surface area is 137 Å². The zero-order valence-electron chi connectivity index (χ0n) is 11.6. The van der Waals surface area contributed by atoms with Crippen molar-refractivity contribution in [1.29, 1.82) is 0 Å². The monoisotopic (exact) mass is 400 g/mol. The molecule has 0 aliphatic rings. The summed E-state index contributed by atoms with van der Waals surface area (Å²) < 4.78 is 12.6. The fraction of sp³-hybridized carbons (Fsp3) is 0.250. The second-order valence-electron chi connectivity index (χ2n) is 3.77. The van der Waals surface area contributed by atoms with Crippen LogP contribution < -0.4 is 9.47 Å². The highest BCUT2D eigenvalue weighted by Gasteiger charge is 1.89. The molecule has 0 unspecified atom stereocenters. The lowest BCUT2D eigenvalue weighted by molar-refractivity contribution is 0.340. The van der Waals surface area contributed by atoms with Crippen molar-refractivity contribution in [2.45, 2.75) is 13.8 Å². The first-order valence-corrected chi connectivity index (χ1v) is 8.01. The lowest BCUT2D eigenvalue weighted by Gasteiger charge is -2.00. The maximum absolute atomic E-state index is 5.24. The third-order valence-electron chi connectivity index (χ3n) is 2.25. The van der Waals surface area contributed by atoms with Gasteiger partial charge in [-0.1, -0.05) is 31.9 Å². The fourth-order valence-electron chi connectivity index (χ4n) is 1.39. The van der Waals surface area contributed by atoms with Crippen molar-refractivity contribution in [2.24, 2.45) is 0 Å². The Kier molecular flexibility index (Phi) is 8.38. The molecule has 0 saturated carbocycles. The molecule has 0 spiro atoms. The summed E-state index contributed by atoms with van der Waals surface area (Å²) in [4.78, 5) is 0. The molecule has 0 aliphatic carbocycles. The third-order valence-corrected chi connectivity index (χ3v) is 3.31. The quantitative estimate of drug-likeness (QED) is 0.654. The van der Waals surface area contributed by atoms with Gasteiger partial charge < -0.3 is 9.47 Å². The van der Waals surface area contributed by atoms with Crippen LogP contribution in [0.25, 0.3) is 0 Å². The van der Waals surface area contributed by atoms with Crippen molar-refractivity contribution in [2.75, 3.05) is 13.2 Å². The molecule has 0 bridgehead atoms. The normalized spacial score (nSPS) is 9.40. The molecule has 0 aromatic heterocycles. The van der Waals surface area contributed by atoms with E-state index in [4.69, 9.17) is 9.47 Å². The molecule has 4 heteroatoms. The van der Waals surface area contributed by atoms with Crippen molar-refractivity contribution in [3.05, 3.63) is 57.5 Å².